The van der Waals surface area contributed by atoms with Crippen LogP contribution in [-0.2, 0) is 22.4 Å². The molecule has 1 aliphatic rings. The normalized spacial score (nSPS) is 15.9. The van der Waals surface area contributed by atoms with E-state index in [9.17, 15) is 14.0 Å². The van der Waals surface area contributed by atoms with Gasteiger partial charge < -0.3 is 19.7 Å². The number of carbonyl (C=O) groups excluding carboxylic acids is 2. The maximum atomic E-state index is 12.9. The Balaban J connectivity index is 1.46. The van der Waals surface area contributed by atoms with E-state index in [1.54, 1.807) is 31.3 Å². The summed E-state index contributed by atoms with van der Waals surface area (Å²) in [6, 6.07) is 11.9. The summed E-state index contributed by atoms with van der Waals surface area (Å²) in [6.45, 7) is 1.43. The van der Waals surface area contributed by atoms with Gasteiger partial charge in [0.25, 0.3) is 0 Å². The smallest absolute Gasteiger partial charge is 0.225 e. The largest absolute Gasteiger partial charge is 0.493 e. The van der Waals surface area contributed by atoms with E-state index in [-0.39, 0.29) is 30.0 Å². The number of nitrogens with one attached hydrogen (secondary N) is 1. The lowest BCUT2D eigenvalue weighted by Gasteiger charge is -2.17. The van der Waals surface area contributed by atoms with Crippen LogP contribution in [0.4, 0.5) is 4.39 Å². The fraction of sp³-hybridized carbons (Fsp3) is 0.391. The molecule has 1 unspecified atom stereocenters. The van der Waals surface area contributed by atoms with Crippen LogP contribution < -0.4 is 14.8 Å². The molecule has 0 aliphatic carbocycles. The van der Waals surface area contributed by atoms with Crippen LogP contribution in [0.5, 0.6) is 11.5 Å². The number of halogens is 1. The van der Waals surface area contributed by atoms with Crippen molar-refractivity contribution in [3.05, 3.63) is 59.4 Å². The number of methoxy groups -OCH3 is 2. The number of ether oxygens (including phenoxy) is 2. The van der Waals surface area contributed by atoms with Gasteiger partial charge in [-0.2, -0.15) is 0 Å². The molecule has 1 saturated heterocycles. The summed E-state index contributed by atoms with van der Waals surface area (Å²) in [6.07, 6.45) is 1.52. The average Bonchev–Trinajstić information content (AvgIpc) is 3.14. The molecule has 2 aromatic rings. The van der Waals surface area contributed by atoms with Crippen molar-refractivity contribution in [2.75, 3.05) is 33.9 Å². The molecule has 1 fully saturated rings. The summed E-state index contributed by atoms with van der Waals surface area (Å²) in [5.74, 6) is 0.585. The van der Waals surface area contributed by atoms with Gasteiger partial charge in [-0.15, -0.1) is 0 Å². The van der Waals surface area contributed by atoms with Crippen LogP contribution in [0.2, 0.25) is 0 Å². The zero-order valence-corrected chi connectivity index (χ0v) is 17.3. The van der Waals surface area contributed by atoms with Gasteiger partial charge in [0.2, 0.25) is 11.8 Å². The van der Waals surface area contributed by atoms with Gasteiger partial charge in [0.15, 0.2) is 11.5 Å². The minimum absolute atomic E-state index is 0.00541. The highest BCUT2D eigenvalue weighted by molar-refractivity contribution is 5.89. The molecule has 0 aromatic heterocycles. The second kappa shape index (κ2) is 10.1. The minimum Gasteiger partial charge on any atom is -0.493 e. The molecule has 0 radical (unpaired) electrons. The van der Waals surface area contributed by atoms with Gasteiger partial charge in [0, 0.05) is 26.1 Å². The number of likely N-dealkylation sites (tertiary alicyclic amines) is 1. The lowest BCUT2D eigenvalue weighted by Crippen LogP contribution is -2.34. The van der Waals surface area contributed by atoms with Gasteiger partial charge in [-0.25, -0.2) is 4.39 Å². The predicted octanol–water partition coefficient (Wildman–Crippen LogP) is 2.59. The zero-order valence-electron chi connectivity index (χ0n) is 17.3. The van der Waals surface area contributed by atoms with Crippen molar-refractivity contribution >= 4 is 11.8 Å². The molecule has 30 heavy (non-hydrogen) atoms. The molecule has 1 aliphatic heterocycles. The van der Waals surface area contributed by atoms with Crippen LogP contribution in [0.3, 0.4) is 0 Å². The van der Waals surface area contributed by atoms with Gasteiger partial charge in [-0.05, 0) is 48.2 Å². The molecule has 2 aromatic carbocycles. The maximum absolute atomic E-state index is 12.9. The Hall–Kier alpha value is -3.09. The van der Waals surface area contributed by atoms with Crippen molar-refractivity contribution in [1.82, 2.24) is 10.2 Å². The van der Waals surface area contributed by atoms with Crippen LogP contribution in [-0.4, -0.2) is 50.6 Å². The van der Waals surface area contributed by atoms with Gasteiger partial charge in [-0.1, -0.05) is 18.2 Å². The van der Waals surface area contributed by atoms with Gasteiger partial charge in [0.05, 0.1) is 20.1 Å². The number of hydrogen-bond donors (Lipinski definition) is 1. The Labute approximate surface area is 176 Å². The molecule has 0 spiro atoms. The number of amides is 2. The van der Waals surface area contributed by atoms with Crippen molar-refractivity contribution in [2.45, 2.75) is 19.3 Å². The standard InChI is InChI=1S/C23H27FN2O4/c1-29-20-8-5-17(13-21(20)30-2)10-12-26-15-18(14-22(26)27)23(28)25-11-9-16-3-6-19(24)7-4-16/h3-8,13,18H,9-12,14-15H2,1-2H3,(H,25,28). The average molecular weight is 414 g/mol. The molecule has 2 amide bonds. The molecule has 160 valence electrons. The summed E-state index contributed by atoms with van der Waals surface area (Å²) in [5, 5.41) is 2.89. The topological polar surface area (TPSA) is 67.9 Å². The van der Waals surface area contributed by atoms with Crippen molar-refractivity contribution in [2.24, 2.45) is 5.92 Å². The Bertz CT molecular complexity index is 885. The van der Waals surface area contributed by atoms with Crippen molar-refractivity contribution in [3.63, 3.8) is 0 Å². The molecule has 3 rings (SSSR count). The molecule has 1 heterocycles. The monoisotopic (exact) mass is 414 g/mol. The van der Waals surface area contributed by atoms with E-state index in [1.807, 2.05) is 18.2 Å². The molecule has 1 atom stereocenters. The molecular formula is C23H27FN2O4. The van der Waals surface area contributed by atoms with Gasteiger partial charge >= 0.3 is 0 Å². The van der Waals surface area contributed by atoms with Gasteiger partial charge in [0.1, 0.15) is 5.82 Å². The third-order valence-electron chi connectivity index (χ3n) is 5.33. The Kier molecular flexibility index (Phi) is 7.27. The number of nitrogens with zero attached hydrogens (tertiary/aromatic N) is 1. The number of benzene rings is 2. The highest BCUT2D eigenvalue weighted by Crippen LogP contribution is 2.28. The van der Waals surface area contributed by atoms with E-state index in [2.05, 4.69) is 5.32 Å². The highest BCUT2D eigenvalue weighted by Gasteiger charge is 2.33. The number of carbonyl (C=O) groups is 2. The van der Waals surface area contributed by atoms with Crippen LogP contribution in [0, 0.1) is 11.7 Å². The van der Waals surface area contributed by atoms with Crippen molar-refractivity contribution in [1.29, 1.82) is 0 Å². The summed E-state index contributed by atoms with van der Waals surface area (Å²) < 4.78 is 23.5. The summed E-state index contributed by atoms with van der Waals surface area (Å²) in [4.78, 5) is 26.5. The van der Waals surface area contributed by atoms with E-state index in [1.165, 1.54) is 12.1 Å². The maximum Gasteiger partial charge on any atom is 0.225 e. The SMILES string of the molecule is COc1ccc(CCN2CC(C(=O)NCCc3ccc(F)cc3)CC2=O)cc1OC. The fourth-order valence-corrected chi connectivity index (χ4v) is 3.59. The first kappa shape index (κ1) is 21.6. The Morgan fingerprint density at radius 3 is 2.47 bits per heavy atom. The summed E-state index contributed by atoms with van der Waals surface area (Å²) >= 11 is 0. The summed E-state index contributed by atoms with van der Waals surface area (Å²) in [5.41, 5.74) is 1.99. The Morgan fingerprint density at radius 2 is 1.77 bits per heavy atom. The minimum atomic E-state index is -0.337. The first-order valence-corrected chi connectivity index (χ1v) is 10.0. The van der Waals surface area contributed by atoms with Crippen molar-refractivity contribution in [3.8, 4) is 11.5 Å². The highest BCUT2D eigenvalue weighted by atomic mass is 19.1. The first-order chi connectivity index (χ1) is 14.5. The van der Waals surface area contributed by atoms with E-state index < -0.39 is 0 Å². The van der Waals surface area contributed by atoms with Crippen LogP contribution in [0.15, 0.2) is 42.5 Å². The Morgan fingerprint density at radius 1 is 1.07 bits per heavy atom. The lowest BCUT2D eigenvalue weighted by atomic mass is 10.1. The molecule has 1 N–H and O–H groups in total. The molecule has 6 nitrogen and oxygen atoms in total. The number of hydrogen-bond acceptors (Lipinski definition) is 4. The van der Waals surface area contributed by atoms with E-state index in [0.29, 0.717) is 44.0 Å². The van der Waals surface area contributed by atoms with E-state index in [4.69, 9.17) is 9.47 Å². The van der Waals surface area contributed by atoms with E-state index >= 15 is 0 Å². The van der Waals surface area contributed by atoms with Gasteiger partial charge in [-0.3, -0.25) is 9.59 Å². The second-order valence-corrected chi connectivity index (χ2v) is 7.35. The van der Waals surface area contributed by atoms with Crippen LogP contribution >= 0.6 is 0 Å². The quantitative estimate of drug-likeness (QED) is 0.685. The predicted molar refractivity (Wildman–Crippen MR) is 111 cm³/mol. The number of rotatable bonds is 9. The fourth-order valence-electron chi connectivity index (χ4n) is 3.59. The molecule has 0 saturated carbocycles. The molecular weight excluding hydrogens is 387 g/mol. The van der Waals surface area contributed by atoms with Crippen LogP contribution in [0.25, 0.3) is 0 Å². The van der Waals surface area contributed by atoms with Crippen LogP contribution in [0.1, 0.15) is 17.5 Å². The van der Waals surface area contributed by atoms with E-state index in [0.717, 1.165) is 11.1 Å². The second-order valence-electron chi connectivity index (χ2n) is 7.35. The van der Waals surface area contributed by atoms with Crippen molar-refractivity contribution < 1.29 is 23.5 Å². The third-order valence-corrected chi connectivity index (χ3v) is 5.33. The first-order valence-electron chi connectivity index (χ1n) is 10.0. The molecule has 7 heteroatoms. The zero-order chi connectivity index (χ0) is 21.5. The lowest BCUT2D eigenvalue weighted by molar-refractivity contribution is -0.129. The third kappa shape index (κ3) is 5.49. The molecule has 0 bridgehead atoms. The summed E-state index contributed by atoms with van der Waals surface area (Å²) in [7, 11) is 3.18.